The molecule has 0 spiro atoms. The molecular formula is C20H24BrNO2. The summed E-state index contributed by atoms with van der Waals surface area (Å²) >= 11 is 3.50. The van der Waals surface area contributed by atoms with E-state index < -0.39 is 5.60 Å². The minimum atomic E-state index is -0.467. The van der Waals surface area contributed by atoms with E-state index in [0.717, 1.165) is 10.0 Å². The quantitative estimate of drug-likeness (QED) is 0.664. The fourth-order valence-corrected chi connectivity index (χ4v) is 2.91. The van der Waals surface area contributed by atoms with Crippen molar-refractivity contribution < 1.29 is 9.53 Å². The van der Waals surface area contributed by atoms with Crippen molar-refractivity contribution in [3.8, 4) is 0 Å². The Hall–Kier alpha value is -1.65. The van der Waals surface area contributed by atoms with Crippen LogP contribution in [0.25, 0.3) is 0 Å². The molecule has 0 amide bonds. The van der Waals surface area contributed by atoms with Gasteiger partial charge in [-0.1, -0.05) is 58.4 Å². The van der Waals surface area contributed by atoms with Crippen molar-refractivity contribution in [2.24, 2.45) is 0 Å². The molecule has 128 valence electrons. The lowest BCUT2D eigenvalue weighted by molar-refractivity contribution is -0.156. The number of ether oxygens (including phenoxy) is 1. The number of nitrogens with zero attached hydrogens (tertiary/aromatic N) is 1. The van der Waals surface area contributed by atoms with Crippen molar-refractivity contribution >= 4 is 21.9 Å². The van der Waals surface area contributed by atoms with Gasteiger partial charge < -0.3 is 4.74 Å². The highest BCUT2D eigenvalue weighted by Crippen LogP contribution is 2.16. The molecule has 0 saturated carbocycles. The summed E-state index contributed by atoms with van der Waals surface area (Å²) in [6, 6.07) is 18.3. The maximum atomic E-state index is 12.2. The number of carbonyl (C=O) groups excluding carboxylic acids is 1. The minimum Gasteiger partial charge on any atom is -0.459 e. The van der Waals surface area contributed by atoms with E-state index in [1.807, 2.05) is 51.1 Å². The van der Waals surface area contributed by atoms with Gasteiger partial charge in [-0.05, 0) is 44.0 Å². The van der Waals surface area contributed by atoms with Crippen LogP contribution in [0.3, 0.4) is 0 Å². The molecule has 2 rings (SSSR count). The van der Waals surface area contributed by atoms with E-state index in [2.05, 4.69) is 45.1 Å². The topological polar surface area (TPSA) is 29.5 Å². The average Bonchev–Trinajstić information content (AvgIpc) is 2.46. The molecule has 0 aliphatic carbocycles. The van der Waals surface area contributed by atoms with Gasteiger partial charge in [0, 0.05) is 17.6 Å². The zero-order valence-corrected chi connectivity index (χ0v) is 16.0. The van der Waals surface area contributed by atoms with Gasteiger partial charge >= 0.3 is 5.97 Å². The minimum absolute atomic E-state index is 0.201. The fourth-order valence-electron chi connectivity index (χ4n) is 2.46. The first-order valence-electron chi connectivity index (χ1n) is 8.04. The summed E-state index contributed by atoms with van der Waals surface area (Å²) in [5.41, 5.74) is 1.87. The molecule has 24 heavy (non-hydrogen) atoms. The number of halogens is 1. The second-order valence-electron chi connectivity index (χ2n) is 6.85. The van der Waals surface area contributed by atoms with Crippen LogP contribution in [0.2, 0.25) is 0 Å². The first-order valence-corrected chi connectivity index (χ1v) is 8.84. The van der Waals surface area contributed by atoms with Crippen LogP contribution in [0, 0.1) is 0 Å². The molecular weight excluding hydrogens is 366 g/mol. The van der Waals surface area contributed by atoms with E-state index in [4.69, 9.17) is 4.74 Å². The summed E-state index contributed by atoms with van der Waals surface area (Å²) in [4.78, 5) is 14.3. The third-order valence-electron chi connectivity index (χ3n) is 3.32. The first-order chi connectivity index (χ1) is 11.3. The van der Waals surface area contributed by atoms with Gasteiger partial charge in [-0.25, -0.2) is 0 Å². The number of hydrogen-bond acceptors (Lipinski definition) is 3. The van der Waals surface area contributed by atoms with Crippen LogP contribution in [-0.4, -0.2) is 23.0 Å². The highest BCUT2D eigenvalue weighted by Gasteiger charge is 2.19. The first kappa shape index (κ1) is 18.7. The molecule has 0 aromatic heterocycles. The maximum Gasteiger partial charge on any atom is 0.320 e. The van der Waals surface area contributed by atoms with Gasteiger partial charge in [-0.15, -0.1) is 0 Å². The molecule has 0 radical (unpaired) electrons. The Morgan fingerprint density at radius 3 is 2.25 bits per heavy atom. The predicted octanol–water partition coefficient (Wildman–Crippen LogP) is 4.79. The van der Waals surface area contributed by atoms with Gasteiger partial charge in [-0.2, -0.15) is 0 Å². The van der Waals surface area contributed by atoms with Crippen molar-refractivity contribution in [2.45, 2.75) is 39.5 Å². The smallest absolute Gasteiger partial charge is 0.320 e. The Bertz CT molecular complexity index is 665. The summed E-state index contributed by atoms with van der Waals surface area (Å²) in [7, 11) is 0. The Balaban J connectivity index is 2.10. The number of carbonyl (C=O) groups is 1. The molecule has 0 aliphatic rings. The molecule has 3 nitrogen and oxygen atoms in total. The monoisotopic (exact) mass is 389 g/mol. The Kier molecular flexibility index (Phi) is 6.58. The lowest BCUT2D eigenvalue weighted by Crippen LogP contribution is -2.34. The number of benzene rings is 2. The number of esters is 1. The van der Waals surface area contributed by atoms with Crippen LogP contribution in [0.1, 0.15) is 31.9 Å². The molecule has 0 heterocycles. The lowest BCUT2D eigenvalue weighted by Gasteiger charge is -2.25. The third kappa shape index (κ3) is 6.85. The van der Waals surface area contributed by atoms with Crippen molar-refractivity contribution in [2.75, 3.05) is 6.54 Å². The summed E-state index contributed by atoms with van der Waals surface area (Å²) in [6.45, 7) is 7.32. The average molecular weight is 390 g/mol. The SMILES string of the molecule is CC(C)(C)OC(=O)CN(Cc1ccccc1)Cc1cccc(Br)c1. The van der Waals surface area contributed by atoms with Crippen LogP contribution in [-0.2, 0) is 22.6 Å². The standard InChI is InChI=1S/C20H24BrNO2/c1-20(2,3)24-19(23)15-22(13-16-8-5-4-6-9-16)14-17-10-7-11-18(21)12-17/h4-12H,13-15H2,1-3H3. The summed E-state index contributed by atoms with van der Waals surface area (Å²) < 4.78 is 6.52. The van der Waals surface area contributed by atoms with E-state index in [1.54, 1.807) is 0 Å². The molecule has 0 aliphatic heterocycles. The van der Waals surface area contributed by atoms with Crippen LogP contribution in [0.4, 0.5) is 0 Å². The van der Waals surface area contributed by atoms with E-state index in [0.29, 0.717) is 13.1 Å². The summed E-state index contributed by atoms with van der Waals surface area (Å²) in [6.07, 6.45) is 0. The zero-order valence-electron chi connectivity index (χ0n) is 14.5. The summed E-state index contributed by atoms with van der Waals surface area (Å²) in [5, 5.41) is 0. The highest BCUT2D eigenvalue weighted by molar-refractivity contribution is 9.10. The fraction of sp³-hybridized carbons (Fsp3) is 0.350. The number of rotatable bonds is 6. The van der Waals surface area contributed by atoms with Crippen LogP contribution in [0.15, 0.2) is 59.1 Å². The molecule has 0 fully saturated rings. The Labute approximate surface area is 152 Å². The second-order valence-corrected chi connectivity index (χ2v) is 7.76. The van der Waals surface area contributed by atoms with Crippen molar-refractivity contribution in [3.63, 3.8) is 0 Å². The van der Waals surface area contributed by atoms with Gasteiger partial charge in [0.15, 0.2) is 0 Å². The maximum absolute atomic E-state index is 12.2. The van der Waals surface area contributed by atoms with Gasteiger partial charge in [0.2, 0.25) is 0 Å². The van der Waals surface area contributed by atoms with Crippen molar-refractivity contribution in [1.29, 1.82) is 0 Å². The van der Waals surface area contributed by atoms with Crippen molar-refractivity contribution in [1.82, 2.24) is 4.90 Å². The van der Waals surface area contributed by atoms with E-state index in [9.17, 15) is 4.79 Å². The number of hydrogen-bond donors (Lipinski definition) is 0. The zero-order chi connectivity index (χ0) is 17.6. The van der Waals surface area contributed by atoms with Gasteiger partial charge in [-0.3, -0.25) is 9.69 Å². The van der Waals surface area contributed by atoms with Gasteiger partial charge in [0.1, 0.15) is 5.60 Å². The van der Waals surface area contributed by atoms with Crippen LogP contribution < -0.4 is 0 Å². The van der Waals surface area contributed by atoms with E-state index in [-0.39, 0.29) is 12.5 Å². The van der Waals surface area contributed by atoms with E-state index in [1.165, 1.54) is 5.56 Å². The van der Waals surface area contributed by atoms with Gasteiger partial charge in [0.25, 0.3) is 0 Å². The summed E-state index contributed by atoms with van der Waals surface area (Å²) in [5.74, 6) is -0.201. The second kappa shape index (κ2) is 8.45. The van der Waals surface area contributed by atoms with E-state index >= 15 is 0 Å². The molecule has 0 unspecified atom stereocenters. The molecule has 2 aromatic carbocycles. The van der Waals surface area contributed by atoms with Gasteiger partial charge in [0.05, 0.1) is 6.54 Å². The molecule has 0 atom stereocenters. The molecule has 4 heteroatoms. The Morgan fingerprint density at radius 2 is 1.62 bits per heavy atom. The lowest BCUT2D eigenvalue weighted by atomic mass is 10.1. The predicted molar refractivity (Wildman–Crippen MR) is 101 cm³/mol. The normalized spacial score (nSPS) is 11.5. The highest BCUT2D eigenvalue weighted by atomic mass is 79.9. The van der Waals surface area contributed by atoms with Crippen LogP contribution in [0.5, 0.6) is 0 Å². The third-order valence-corrected chi connectivity index (χ3v) is 3.81. The Morgan fingerprint density at radius 1 is 1.00 bits per heavy atom. The molecule has 2 aromatic rings. The van der Waals surface area contributed by atoms with Crippen molar-refractivity contribution in [3.05, 3.63) is 70.2 Å². The molecule has 0 bridgehead atoms. The van der Waals surface area contributed by atoms with Crippen LogP contribution >= 0.6 is 15.9 Å². The largest absolute Gasteiger partial charge is 0.459 e. The molecule has 0 N–H and O–H groups in total. The molecule has 0 saturated heterocycles.